The topological polar surface area (TPSA) is 53.4 Å². The van der Waals surface area contributed by atoms with Crippen LogP contribution < -0.4 is 9.47 Å². The molecule has 0 aliphatic heterocycles. The number of hydrogen-bond acceptors (Lipinski definition) is 4. The summed E-state index contributed by atoms with van der Waals surface area (Å²) in [5, 5.41) is 4.39. The SMILES string of the molecule is CCC(C)=C/C=C(/c1ccc(OC)c(OC)c1)n1nc(C=O)cc1C. The first-order valence-corrected chi connectivity index (χ1v) is 8.16. The van der Waals surface area contributed by atoms with Crippen LogP contribution in [-0.2, 0) is 0 Å². The highest BCUT2D eigenvalue weighted by atomic mass is 16.5. The van der Waals surface area contributed by atoms with Gasteiger partial charge in [0.15, 0.2) is 17.8 Å². The number of carbonyl (C=O) groups is 1. The van der Waals surface area contributed by atoms with E-state index in [0.29, 0.717) is 17.2 Å². The van der Waals surface area contributed by atoms with Crippen LogP contribution in [0.25, 0.3) is 5.70 Å². The minimum Gasteiger partial charge on any atom is -0.493 e. The molecule has 5 nitrogen and oxygen atoms in total. The molecule has 0 spiro atoms. The molecule has 0 bridgehead atoms. The van der Waals surface area contributed by atoms with Gasteiger partial charge in [0.2, 0.25) is 0 Å². The Balaban J connectivity index is 2.63. The zero-order valence-corrected chi connectivity index (χ0v) is 15.4. The number of carbonyl (C=O) groups excluding carboxylic acids is 1. The van der Waals surface area contributed by atoms with E-state index in [0.717, 1.165) is 29.7 Å². The molecule has 25 heavy (non-hydrogen) atoms. The van der Waals surface area contributed by atoms with Crippen LogP contribution >= 0.6 is 0 Å². The van der Waals surface area contributed by atoms with Crippen molar-refractivity contribution in [2.75, 3.05) is 14.2 Å². The summed E-state index contributed by atoms with van der Waals surface area (Å²) in [6.07, 6.45) is 5.79. The Labute approximate surface area is 148 Å². The van der Waals surface area contributed by atoms with Crippen molar-refractivity contribution in [2.45, 2.75) is 27.2 Å². The molecule has 5 heteroatoms. The Morgan fingerprint density at radius 3 is 2.44 bits per heavy atom. The van der Waals surface area contributed by atoms with Crippen molar-refractivity contribution >= 4 is 12.0 Å². The number of methoxy groups -OCH3 is 2. The Bertz CT molecular complexity index is 816. The van der Waals surface area contributed by atoms with Gasteiger partial charge >= 0.3 is 0 Å². The third kappa shape index (κ3) is 4.18. The van der Waals surface area contributed by atoms with Gasteiger partial charge < -0.3 is 9.47 Å². The molecule has 2 aromatic rings. The zero-order chi connectivity index (χ0) is 18.4. The van der Waals surface area contributed by atoms with Gasteiger partial charge in [0.1, 0.15) is 5.69 Å². The second-order valence-corrected chi connectivity index (χ2v) is 5.73. The lowest BCUT2D eigenvalue weighted by Gasteiger charge is -2.13. The average Bonchev–Trinajstić information content (AvgIpc) is 3.02. The summed E-state index contributed by atoms with van der Waals surface area (Å²) >= 11 is 0. The number of nitrogens with zero attached hydrogens (tertiary/aromatic N) is 2. The largest absolute Gasteiger partial charge is 0.493 e. The summed E-state index contributed by atoms with van der Waals surface area (Å²) in [7, 11) is 3.21. The van der Waals surface area contributed by atoms with Gasteiger partial charge in [0.05, 0.1) is 19.9 Å². The summed E-state index contributed by atoms with van der Waals surface area (Å²) in [5.74, 6) is 1.30. The molecular formula is C20H24N2O3. The molecule has 2 rings (SSSR count). The lowest BCUT2D eigenvalue weighted by atomic mass is 10.1. The van der Waals surface area contributed by atoms with Gasteiger partial charge in [-0.2, -0.15) is 5.10 Å². The van der Waals surface area contributed by atoms with Crippen molar-refractivity contribution < 1.29 is 14.3 Å². The van der Waals surface area contributed by atoms with Crippen LogP contribution in [0.2, 0.25) is 0 Å². The fourth-order valence-electron chi connectivity index (χ4n) is 2.42. The molecule has 0 N–H and O–H groups in total. The summed E-state index contributed by atoms with van der Waals surface area (Å²) in [6.45, 7) is 6.11. The fraction of sp³-hybridized carbons (Fsp3) is 0.300. The van der Waals surface area contributed by atoms with Gasteiger partial charge in [-0.1, -0.05) is 18.6 Å². The number of aldehydes is 1. The predicted molar refractivity (Wildman–Crippen MR) is 99.3 cm³/mol. The summed E-state index contributed by atoms with van der Waals surface area (Å²) in [6, 6.07) is 7.47. The molecule has 0 radical (unpaired) electrons. The monoisotopic (exact) mass is 340 g/mol. The van der Waals surface area contributed by atoms with Crippen LogP contribution in [0.5, 0.6) is 11.5 Å². The Morgan fingerprint density at radius 1 is 1.16 bits per heavy atom. The zero-order valence-electron chi connectivity index (χ0n) is 15.4. The third-order valence-corrected chi connectivity index (χ3v) is 4.02. The van der Waals surface area contributed by atoms with Crippen LogP contribution in [0.1, 0.15) is 42.0 Å². The molecule has 0 fully saturated rings. The lowest BCUT2D eigenvalue weighted by molar-refractivity contribution is 0.111. The third-order valence-electron chi connectivity index (χ3n) is 4.02. The molecule has 1 heterocycles. The molecule has 0 aliphatic rings. The number of aromatic nitrogens is 2. The summed E-state index contributed by atoms with van der Waals surface area (Å²) in [4.78, 5) is 11.1. The van der Waals surface area contributed by atoms with Gasteiger partial charge in [-0.3, -0.25) is 4.79 Å². The van der Waals surface area contributed by atoms with Crippen molar-refractivity contribution in [3.05, 3.63) is 58.9 Å². The summed E-state index contributed by atoms with van der Waals surface area (Å²) in [5.41, 5.74) is 4.31. The second kappa shape index (κ2) is 8.33. The normalized spacial score (nSPS) is 12.2. The number of rotatable bonds is 7. The minimum absolute atomic E-state index is 0.403. The van der Waals surface area contributed by atoms with Gasteiger partial charge in [-0.05, 0) is 50.6 Å². The van der Waals surface area contributed by atoms with Crippen molar-refractivity contribution in [1.82, 2.24) is 9.78 Å². The Morgan fingerprint density at radius 2 is 1.88 bits per heavy atom. The first-order valence-electron chi connectivity index (χ1n) is 8.16. The van der Waals surface area contributed by atoms with E-state index in [2.05, 4.69) is 25.0 Å². The van der Waals surface area contributed by atoms with Crippen LogP contribution in [0.15, 0.2) is 42.0 Å². The summed E-state index contributed by atoms with van der Waals surface area (Å²) < 4.78 is 12.5. The number of hydrogen-bond donors (Lipinski definition) is 0. The smallest absolute Gasteiger partial charge is 0.170 e. The number of ether oxygens (including phenoxy) is 2. The molecule has 0 saturated carbocycles. The second-order valence-electron chi connectivity index (χ2n) is 5.73. The van der Waals surface area contributed by atoms with Crippen molar-refractivity contribution in [3.63, 3.8) is 0 Å². The fourth-order valence-corrected chi connectivity index (χ4v) is 2.42. The number of aryl methyl sites for hydroxylation is 1. The molecule has 1 aromatic carbocycles. The van der Waals surface area contributed by atoms with Gasteiger partial charge in [0.25, 0.3) is 0 Å². The molecule has 0 unspecified atom stereocenters. The van der Waals surface area contributed by atoms with Crippen molar-refractivity contribution in [2.24, 2.45) is 0 Å². The highest BCUT2D eigenvalue weighted by Gasteiger charge is 2.13. The van der Waals surface area contributed by atoms with Crippen LogP contribution in [0, 0.1) is 6.92 Å². The lowest BCUT2D eigenvalue weighted by Crippen LogP contribution is -2.04. The maximum Gasteiger partial charge on any atom is 0.170 e. The molecule has 132 valence electrons. The van der Waals surface area contributed by atoms with E-state index < -0.39 is 0 Å². The highest BCUT2D eigenvalue weighted by molar-refractivity contribution is 5.74. The van der Waals surface area contributed by atoms with Gasteiger partial charge in [0, 0.05) is 11.3 Å². The van der Waals surface area contributed by atoms with Gasteiger partial charge in [-0.15, -0.1) is 0 Å². The van der Waals surface area contributed by atoms with E-state index in [1.807, 2.05) is 31.2 Å². The average molecular weight is 340 g/mol. The first-order chi connectivity index (χ1) is 12.0. The molecular weight excluding hydrogens is 316 g/mol. The predicted octanol–water partition coefficient (Wildman–Crippen LogP) is 4.27. The molecule has 0 saturated heterocycles. The van der Waals surface area contributed by atoms with Crippen LogP contribution in [-0.4, -0.2) is 30.3 Å². The highest BCUT2D eigenvalue weighted by Crippen LogP contribution is 2.31. The van der Waals surface area contributed by atoms with Crippen molar-refractivity contribution in [1.29, 1.82) is 0 Å². The maximum absolute atomic E-state index is 11.1. The van der Waals surface area contributed by atoms with E-state index in [9.17, 15) is 4.79 Å². The number of allylic oxidation sites excluding steroid dienone is 3. The van der Waals surface area contributed by atoms with Crippen molar-refractivity contribution in [3.8, 4) is 11.5 Å². The van der Waals surface area contributed by atoms with E-state index in [1.165, 1.54) is 5.57 Å². The molecule has 0 aliphatic carbocycles. The van der Waals surface area contributed by atoms with Crippen LogP contribution in [0.3, 0.4) is 0 Å². The molecule has 0 amide bonds. The standard InChI is InChI=1S/C20H24N2O3/c1-6-14(2)7-9-18(22-15(3)11-17(13-23)21-22)16-8-10-19(24-4)20(12-16)25-5/h7-13H,6H2,1-5H3/b14-7?,18-9-. The van der Waals surface area contributed by atoms with E-state index in [-0.39, 0.29) is 0 Å². The van der Waals surface area contributed by atoms with Gasteiger partial charge in [-0.25, -0.2) is 4.68 Å². The minimum atomic E-state index is 0.403. The molecule has 1 aromatic heterocycles. The quantitative estimate of drug-likeness (QED) is 0.558. The Kier molecular flexibility index (Phi) is 6.17. The Hall–Kier alpha value is -2.82. The van der Waals surface area contributed by atoms with E-state index in [4.69, 9.17) is 9.47 Å². The maximum atomic E-state index is 11.1. The van der Waals surface area contributed by atoms with E-state index in [1.54, 1.807) is 25.0 Å². The van der Waals surface area contributed by atoms with E-state index >= 15 is 0 Å². The molecule has 0 atom stereocenters. The van der Waals surface area contributed by atoms with Crippen LogP contribution in [0.4, 0.5) is 0 Å². The number of benzene rings is 1. The first kappa shape index (κ1) is 18.5.